The number of aryl methyl sites for hydroxylation is 2. The summed E-state index contributed by atoms with van der Waals surface area (Å²) in [7, 11) is -0.666. The lowest BCUT2D eigenvalue weighted by molar-refractivity contribution is -0.120. The van der Waals surface area contributed by atoms with Gasteiger partial charge in [-0.1, -0.05) is 0 Å². The molecule has 3 heterocycles. The first-order chi connectivity index (χ1) is 13.2. The van der Waals surface area contributed by atoms with Crippen molar-refractivity contribution in [3.63, 3.8) is 0 Å². The molecule has 150 valence electrons. The van der Waals surface area contributed by atoms with Crippen LogP contribution in [-0.4, -0.2) is 48.3 Å². The van der Waals surface area contributed by atoms with Crippen molar-refractivity contribution < 1.29 is 22.7 Å². The zero-order valence-corrected chi connectivity index (χ0v) is 16.5. The lowest BCUT2D eigenvalue weighted by Crippen LogP contribution is -2.56. The fourth-order valence-electron chi connectivity index (χ4n) is 3.47. The van der Waals surface area contributed by atoms with Gasteiger partial charge in [0.05, 0.1) is 11.7 Å². The van der Waals surface area contributed by atoms with Crippen LogP contribution in [0.5, 0.6) is 11.5 Å². The summed E-state index contributed by atoms with van der Waals surface area (Å²) in [4.78, 5) is 12.9. The number of nitrogens with one attached hydrogen (secondary N) is 2. The van der Waals surface area contributed by atoms with Crippen LogP contribution in [0.25, 0.3) is 0 Å². The maximum Gasteiger partial charge on any atom is 0.280 e. The van der Waals surface area contributed by atoms with Gasteiger partial charge in [-0.15, -0.1) is 0 Å². The highest BCUT2D eigenvalue weighted by Crippen LogP contribution is 2.35. The number of nitrogens with zero attached hydrogens (tertiary/aromatic N) is 3. The molecular weight excluding hydrogens is 386 g/mol. The summed E-state index contributed by atoms with van der Waals surface area (Å²) in [5.41, 5.74) is 1.97. The number of likely N-dealkylation sites (N-methyl/N-ethyl adjacent to an activating group) is 1. The minimum absolute atomic E-state index is 0.133. The maximum atomic E-state index is 12.9. The van der Waals surface area contributed by atoms with E-state index in [9.17, 15) is 13.2 Å². The van der Waals surface area contributed by atoms with E-state index in [1.165, 1.54) is 7.05 Å². The topological polar surface area (TPSA) is 115 Å². The van der Waals surface area contributed by atoms with E-state index in [0.29, 0.717) is 17.2 Å². The van der Waals surface area contributed by atoms with E-state index < -0.39 is 28.2 Å². The van der Waals surface area contributed by atoms with Gasteiger partial charge in [0.1, 0.15) is 6.04 Å². The number of benzene rings is 1. The molecule has 1 aromatic carbocycles. The van der Waals surface area contributed by atoms with Gasteiger partial charge in [0.15, 0.2) is 11.5 Å². The summed E-state index contributed by atoms with van der Waals surface area (Å²) in [5.74, 6) is 0.720. The highest BCUT2D eigenvalue weighted by atomic mass is 32.2. The van der Waals surface area contributed by atoms with Crippen LogP contribution >= 0.6 is 0 Å². The molecule has 0 saturated carbocycles. The van der Waals surface area contributed by atoms with Crippen LogP contribution in [0.1, 0.15) is 23.7 Å². The molecule has 1 aromatic heterocycles. The normalized spacial score (nSPS) is 23.5. The second-order valence-corrected chi connectivity index (χ2v) is 8.61. The van der Waals surface area contributed by atoms with Crippen molar-refractivity contribution in [3.05, 3.63) is 35.7 Å². The highest BCUT2D eigenvalue weighted by molar-refractivity contribution is 7.87. The molecule has 2 N–H and O–H groups in total. The molecule has 2 aliphatic heterocycles. The number of fused-ring (bicyclic) bond motifs is 1. The van der Waals surface area contributed by atoms with Crippen molar-refractivity contribution in [1.82, 2.24) is 18.8 Å². The molecule has 0 aliphatic carbocycles. The highest BCUT2D eigenvalue weighted by Gasteiger charge is 2.41. The largest absolute Gasteiger partial charge is 0.454 e. The molecule has 28 heavy (non-hydrogen) atoms. The van der Waals surface area contributed by atoms with Crippen LogP contribution in [0.4, 0.5) is 5.69 Å². The van der Waals surface area contributed by atoms with Gasteiger partial charge < -0.3 is 14.8 Å². The van der Waals surface area contributed by atoms with Gasteiger partial charge in [-0.3, -0.25) is 9.48 Å². The predicted octanol–water partition coefficient (Wildman–Crippen LogP) is 0.676. The molecule has 2 atom stereocenters. The average molecular weight is 407 g/mol. The van der Waals surface area contributed by atoms with Crippen molar-refractivity contribution in [1.29, 1.82) is 0 Å². The zero-order valence-electron chi connectivity index (χ0n) is 15.7. The number of rotatable bonds is 3. The van der Waals surface area contributed by atoms with Crippen LogP contribution in [0.15, 0.2) is 24.4 Å². The van der Waals surface area contributed by atoms with Gasteiger partial charge in [0.2, 0.25) is 12.7 Å². The Hall–Kier alpha value is -2.63. The number of hydrogen-bond acceptors (Lipinski definition) is 6. The summed E-state index contributed by atoms with van der Waals surface area (Å²) < 4.78 is 41.0. The monoisotopic (exact) mass is 407 g/mol. The molecule has 0 bridgehead atoms. The zero-order chi connectivity index (χ0) is 20.1. The lowest BCUT2D eigenvalue weighted by atomic mass is 10.00. The number of amides is 1. The lowest BCUT2D eigenvalue weighted by Gasteiger charge is -2.36. The first-order valence-electron chi connectivity index (χ1n) is 8.70. The number of carbonyl (C=O) groups excluding carboxylic acids is 1. The summed E-state index contributed by atoms with van der Waals surface area (Å²) >= 11 is 0. The Bertz CT molecular complexity index is 1030. The molecule has 2 aliphatic rings. The fraction of sp³-hybridized carbons (Fsp3) is 0.412. The van der Waals surface area contributed by atoms with Crippen LogP contribution in [0.2, 0.25) is 0 Å². The minimum atomic E-state index is -3.82. The first-order valence-corrected chi connectivity index (χ1v) is 10.1. The van der Waals surface area contributed by atoms with E-state index in [0.717, 1.165) is 15.6 Å². The van der Waals surface area contributed by atoms with Gasteiger partial charge in [0, 0.05) is 37.6 Å². The molecule has 1 amide bonds. The fourth-order valence-corrected chi connectivity index (χ4v) is 4.74. The number of hydrogen-bond donors (Lipinski definition) is 2. The van der Waals surface area contributed by atoms with Crippen LogP contribution in [-0.2, 0) is 22.1 Å². The van der Waals surface area contributed by atoms with Gasteiger partial charge in [-0.05, 0) is 25.5 Å². The molecule has 11 heteroatoms. The van der Waals surface area contributed by atoms with E-state index >= 15 is 0 Å². The third kappa shape index (κ3) is 3.32. The van der Waals surface area contributed by atoms with Crippen LogP contribution in [0, 0.1) is 6.92 Å². The summed E-state index contributed by atoms with van der Waals surface area (Å²) in [5, 5.41) is 7.04. The second kappa shape index (κ2) is 6.76. The second-order valence-electron chi connectivity index (χ2n) is 6.84. The standard InChI is InChI=1S/C17H21N5O5S/c1-10-12(8-21(2)19-10)13-7-14(22(3)28(24,25)20-13)17(23)18-11-4-5-15-16(6-11)27-9-26-15/h4-6,8,13-14,20H,7,9H2,1-3H3,(H,18,23)/t13-,14+/m1/s1. The Kier molecular flexibility index (Phi) is 4.52. The molecule has 0 unspecified atom stereocenters. The van der Waals surface area contributed by atoms with E-state index in [1.807, 2.05) is 6.92 Å². The molecule has 0 spiro atoms. The Morgan fingerprint density at radius 2 is 2.04 bits per heavy atom. The molecule has 0 radical (unpaired) electrons. The smallest absolute Gasteiger partial charge is 0.280 e. The third-order valence-electron chi connectivity index (χ3n) is 4.94. The number of anilines is 1. The predicted molar refractivity (Wildman–Crippen MR) is 100 cm³/mol. The van der Waals surface area contributed by atoms with E-state index in [4.69, 9.17) is 9.47 Å². The van der Waals surface area contributed by atoms with E-state index in [1.54, 1.807) is 36.1 Å². The Balaban J connectivity index is 1.57. The molecule has 10 nitrogen and oxygen atoms in total. The Morgan fingerprint density at radius 1 is 1.29 bits per heavy atom. The van der Waals surface area contributed by atoms with Crippen molar-refractivity contribution >= 4 is 21.8 Å². The molecule has 4 rings (SSSR count). The van der Waals surface area contributed by atoms with Crippen molar-refractivity contribution in [2.45, 2.75) is 25.4 Å². The molecule has 2 aromatic rings. The van der Waals surface area contributed by atoms with Crippen molar-refractivity contribution in [3.8, 4) is 11.5 Å². The van der Waals surface area contributed by atoms with Crippen LogP contribution < -0.4 is 19.5 Å². The van der Waals surface area contributed by atoms with E-state index in [2.05, 4.69) is 15.1 Å². The summed E-state index contributed by atoms with van der Waals surface area (Å²) in [6, 6.07) is 3.62. The Morgan fingerprint density at radius 3 is 2.75 bits per heavy atom. The van der Waals surface area contributed by atoms with Gasteiger partial charge in [0.25, 0.3) is 10.2 Å². The van der Waals surface area contributed by atoms with Crippen LogP contribution in [0.3, 0.4) is 0 Å². The molecular formula is C17H21N5O5S. The SMILES string of the molecule is Cc1nn(C)cc1[C@H]1C[C@@H](C(=O)Nc2ccc3c(c2)OCO3)N(C)S(=O)(=O)N1. The number of carbonyl (C=O) groups is 1. The molecule has 1 saturated heterocycles. The molecule has 1 fully saturated rings. The van der Waals surface area contributed by atoms with Crippen molar-refractivity contribution in [2.24, 2.45) is 7.05 Å². The minimum Gasteiger partial charge on any atom is -0.454 e. The number of ether oxygens (including phenoxy) is 2. The van der Waals surface area contributed by atoms with E-state index in [-0.39, 0.29) is 13.2 Å². The quantitative estimate of drug-likeness (QED) is 0.773. The summed E-state index contributed by atoms with van der Waals surface area (Å²) in [6.07, 6.45) is 2.04. The van der Waals surface area contributed by atoms with Gasteiger partial charge >= 0.3 is 0 Å². The average Bonchev–Trinajstić information content (AvgIpc) is 3.22. The van der Waals surface area contributed by atoms with Gasteiger partial charge in [-0.25, -0.2) is 0 Å². The van der Waals surface area contributed by atoms with Gasteiger partial charge in [-0.2, -0.15) is 22.5 Å². The Labute approximate surface area is 162 Å². The number of aromatic nitrogens is 2. The maximum absolute atomic E-state index is 12.9. The summed E-state index contributed by atoms with van der Waals surface area (Å²) in [6.45, 7) is 1.94. The van der Waals surface area contributed by atoms with Crippen molar-refractivity contribution in [2.75, 3.05) is 19.2 Å². The third-order valence-corrected chi connectivity index (χ3v) is 6.53. The first kappa shape index (κ1) is 18.7.